The summed E-state index contributed by atoms with van der Waals surface area (Å²) >= 11 is 0. The van der Waals surface area contributed by atoms with Gasteiger partial charge in [-0.1, -0.05) is 18.1 Å². The molecular weight excluding hydrogens is 344 g/mol. The van der Waals surface area contributed by atoms with Crippen molar-refractivity contribution in [3.05, 3.63) is 11.1 Å². The van der Waals surface area contributed by atoms with E-state index in [9.17, 15) is 15.0 Å². The fourth-order valence-electron chi connectivity index (χ4n) is 6.86. The van der Waals surface area contributed by atoms with Crippen molar-refractivity contribution in [1.82, 2.24) is 0 Å². The second-order valence-electron chi connectivity index (χ2n) is 10.3. The maximum absolute atomic E-state index is 12.0. The summed E-state index contributed by atoms with van der Waals surface area (Å²) in [5, 5.41) is 22.4. The van der Waals surface area contributed by atoms with Crippen molar-refractivity contribution >= 4 is 5.97 Å². The zero-order chi connectivity index (χ0) is 19.8. The van der Waals surface area contributed by atoms with Crippen LogP contribution >= 0.6 is 0 Å². The van der Waals surface area contributed by atoms with Gasteiger partial charge < -0.3 is 19.7 Å². The van der Waals surface area contributed by atoms with Crippen molar-refractivity contribution in [1.29, 1.82) is 0 Å². The van der Waals surface area contributed by atoms with Crippen molar-refractivity contribution in [2.75, 3.05) is 6.61 Å². The Hall–Kier alpha value is -0.910. The molecule has 0 aromatic carbocycles. The molecule has 0 bridgehead atoms. The van der Waals surface area contributed by atoms with Gasteiger partial charge in [-0.25, -0.2) is 0 Å². The van der Waals surface area contributed by atoms with E-state index >= 15 is 0 Å². The Labute approximate surface area is 162 Å². The van der Waals surface area contributed by atoms with Crippen LogP contribution in [0.15, 0.2) is 11.1 Å². The summed E-state index contributed by atoms with van der Waals surface area (Å²) in [4.78, 5) is 12.0. The standard InChI is InChI=1S/C22H34O5/c1-13-6-9-21(19(3,4)25)11-16-20(5,8-7-15(13)21)17(24)10-18-22(16,12-26-18)27-14(2)23/h16-18,24-25H,6-12H2,1-5H3/t16?,17-,18+,20-,21+,22+/m0/s1. The molecule has 0 amide bonds. The van der Waals surface area contributed by atoms with Crippen LogP contribution in [-0.2, 0) is 14.3 Å². The van der Waals surface area contributed by atoms with E-state index in [1.807, 2.05) is 13.8 Å². The van der Waals surface area contributed by atoms with Crippen LogP contribution in [0.5, 0.6) is 0 Å². The molecule has 0 radical (unpaired) electrons. The summed E-state index contributed by atoms with van der Waals surface area (Å²) in [6.45, 7) is 10.0. The predicted octanol–water partition coefficient (Wildman–Crippen LogP) is 3.13. The van der Waals surface area contributed by atoms with Crippen molar-refractivity contribution in [2.45, 2.75) is 96.6 Å². The summed E-state index contributed by atoms with van der Waals surface area (Å²) in [5.41, 5.74) is 0.523. The lowest BCUT2D eigenvalue weighted by Gasteiger charge is -2.63. The molecule has 4 aliphatic rings. The average Bonchev–Trinajstić information content (AvgIpc) is 2.79. The minimum absolute atomic E-state index is 0.0359. The van der Waals surface area contributed by atoms with Gasteiger partial charge in [-0.2, -0.15) is 0 Å². The van der Waals surface area contributed by atoms with Crippen molar-refractivity contribution < 1.29 is 24.5 Å². The molecule has 1 saturated heterocycles. The average molecular weight is 379 g/mol. The van der Waals surface area contributed by atoms with Gasteiger partial charge in [-0.15, -0.1) is 0 Å². The molecule has 1 heterocycles. The molecule has 5 heteroatoms. The van der Waals surface area contributed by atoms with Crippen LogP contribution in [0.25, 0.3) is 0 Å². The molecule has 152 valence electrons. The molecule has 5 nitrogen and oxygen atoms in total. The van der Waals surface area contributed by atoms with E-state index in [2.05, 4.69) is 13.8 Å². The zero-order valence-electron chi connectivity index (χ0n) is 17.3. The molecule has 1 unspecified atom stereocenters. The first-order valence-electron chi connectivity index (χ1n) is 10.4. The van der Waals surface area contributed by atoms with Crippen LogP contribution in [-0.4, -0.2) is 46.2 Å². The van der Waals surface area contributed by atoms with Crippen molar-refractivity contribution in [2.24, 2.45) is 16.7 Å². The van der Waals surface area contributed by atoms with E-state index in [1.54, 1.807) is 0 Å². The number of carbonyl (C=O) groups excluding carboxylic acids is 1. The van der Waals surface area contributed by atoms with E-state index in [1.165, 1.54) is 18.1 Å². The van der Waals surface area contributed by atoms with E-state index < -0.39 is 17.3 Å². The Morgan fingerprint density at radius 2 is 2.00 bits per heavy atom. The summed E-state index contributed by atoms with van der Waals surface area (Å²) in [7, 11) is 0. The topological polar surface area (TPSA) is 76.0 Å². The van der Waals surface area contributed by atoms with Crippen molar-refractivity contribution in [3.63, 3.8) is 0 Å². The van der Waals surface area contributed by atoms with Crippen LogP contribution < -0.4 is 0 Å². The molecule has 3 fully saturated rings. The lowest BCUT2D eigenvalue weighted by atomic mass is 9.51. The smallest absolute Gasteiger partial charge is 0.303 e. The van der Waals surface area contributed by atoms with Crippen molar-refractivity contribution in [3.8, 4) is 0 Å². The van der Waals surface area contributed by atoms with E-state index in [-0.39, 0.29) is 28.8 Å². The molecule has 2 N–H and O–H groups in total. The number of rotatable bonds is 2. The van der Waals surface area contributed by atoms with Gasteiger partial charge in [0.25, 0.3) is 0 Å². The van der Waals surface area contributed by atoms with E-state index in [0.717, 1.165) is 32.1 Å². The van der Waals surface area contributed by atoms with Gasteiger partial charge in [0, 0.05) is 30.1 Å². The fourth-order valence-corrected chi connectivity index (χ4v) is 6.86. The van der Waals surface area contributed by atoms with Crippen LogP contribution in [0, 0.1) is 16.7 Å². The molecule has 2 saturated carbocycles. The third-order valence-electron chi connectivity index (χ3n) is 8.63. The molecule has 4 rings (SSSR count). The molecule has 1 aliphatic heterocycles. The number of allylic oxidation sites excluding steroid dienone is 1. The molecule has 27 heavy (non-hydrogen) atoms. The summed E-state index contributed by atoms with van der Waals surface area (Å²) in [5.74, 6) is -0.326. The highest BCUT2D eigenvalue weighted by Crippen LogP contribution is 2.66. The second-order valence-corrected chi connectivity index (χ2v) is 10.3. The van der Waals surface area contributed by atoms with Crippen LogP contribution in [0.4, 0.5) is 0 Å². The zero-order valence-corrected chi connectivity index (χ0v) is 17.3. The number of carbonyl (C=O) groups is 1. The first-order chi connectivity index (χ1) is 12.5. The van der Waals surface area contributed by atoms with Gasteiger partial charge in [-0.05, 0) is 52.9 Å². The first kappa shape index (κ1) is 19.4. The summed E-state index contributed by atoms with van der Waals surface area (Å²) < 4.78 is 11.8. The molecule has 3 aliphatic carbocycles. The van der Waals surface area contributed by atoms with Crippen LogP contribution in [0.1, 0.15) is 73.1 Å². The quantitative estimate of drug-likeness (QED) is 0.570. The Kier molecular flexibility index (Phi) is 4.17. The Morgan fingerprint density at radius 3 is 2.56 bits per heavy atom. The summed E-state index contributed by atoms with van der Waals surface area (Å²) in [6, 6.07) is 0. The largest absolute Gasteiger partial charge is 0.454 e. The minimum atomic E-state index is -0.870. The van der Waals surface area contributed by atoms with Gasteiger partial charge in [0.05, 0.1) is 18.3 Å². The molecule has 0 spiro atoms. The van der Waals surface area contributed by atoms with Crippen LogP contribution in [0.2, 0.25) is 0 Å². The number of aliphatic hydroxyl groups is 2. The highest BCUT2D eigenvalue weighted by Gasteiger charge is 2.70. The summed E-state index contributed by atoms with van der Waals surface area (Å²) in [6.07, 6.45) is 4.16. The third kappa shape index (κ3) is 2.44. The monoisotopic (exact) mass is 378 g/mol. The van der Waals surface area contributed by atoms with Gasteiger partial charge in [-0.3, -0.25) is 4.79 Å². The second kappa shape index (κ2) is 5.80. The van der Waals surface area contributed by atoms with E-state index in [4.69, 9.17) is 9.47 Å². The van der Waals surface area contributed by atoms with Gasteiger partial charge in [0.2, 0.25) is 0 Å². The first-order valence-corrected chi connectivity index (χ1v) is 10.4. The number of aliphatic hydroxyl groups excluding tert-OH is 1. The maximum atomic E-state index is 12.0. The minimum Gasteiger partial charge on any atom is -0.454 e. The van der Waals surface area contributed by atoms with E-state index in [0.29, 0.717) is 13.0 Å². The molecule has 0 aromatic rings. The SMILES string of the molecule is CC(=O)O[C@@]12CO[C@@H]1C[C@H](O)[C@@]1(C)CCC3=C(C)CC[C@@]3(C(C)(C)O)CC12. The van der Waals surface area contributed by atoms with Crippen LogP contribution in [0.3, 0.4) is 0 Å². The maximum Gasteiger partial charge on any atom is 0.303 e. The number of fused-ring (bicyclic) bond motifs is 4. The highest BCUT2D eigenvalue weighted by atomic mass is 16.6. The normalized spacial score (nSPS) is 46.7. The third-order valence-corrected chi connectivity index (χ3v) is 8.63. The lowest BCUT2D eigenvalue weighted by Crippen LogP contribution is -2.73. The fraction of sp³-hybridized carbons (Fsp3) is 0.864. The number of hydrogen-bond donors (Lipinski definition) is 2. The molecule has 0 aromatic heterocycles. The lowest BCUT2D eigenvalue weighted by molar-refractivity contribution is -0.327. The Bertz CT molecular complexity index is 691. The van der Waals surface area contributed by atoms with Gasteiger partial charge in [0.15, 0.2) is 5.60 Å². The highest BCUT2D eigenvalue weighted by molar-refractivity contribution is 5.67. The Morgan fingerprint density at radius 1 is 1.30 bits per heavy atom. The number of ether oxygens (including phenoxy) is 2. The number of esters is 1. The Balaban J connectivity index is 1.86. The predicted molar refractivity (Wildman–Crippen MR) is 101 cm³/mol. The molecular formula is C22H34O5. The number of hydrogen-bond acceptors (Lipinski definition) is 5. The molecule has 6 atom stereocenters. The van der Waals surface area contributed by atoms with Gasteiger partial charge >= 0.3 is 5.97 Å². The van der Waals surface area contributed by atoms with Gasteiger partial charge in [0.1, 0.15) is 6.10 Å².